The molecule has 0 aromatic carbocycles. The van der Waals surface area contributed by atoms with Gasteiger partial charge in [-0.3, -0.25) is 14.4 Å². The molecule has 0 aliphatic heterocycles. The molecule has 0 rings (SSSR count). The summed E-state index contributed by atoms with van der Waals surface area (Å²) in [5, 5.41) is 0. The van der Waals surface area contributed by atoms with E-state index in [1.807, 2.05) is 19.0 Å². The molecule has 0 bridgehead atoms. The molecule has 0 aromatic heterocycles. The lowest BCUT2D eigenvalue weighted by Crippen LogP contribution is -2.31. The van der Waals surface area contributed by atoms with Crippen LogP contribution in [0.15, 0.2) is 12.2 Å². The summed E-state index contributed by atoms with van der Waals surface area (Å²) >= 11 is 0. The normalized spacial score (nSPS) is 12.1. The average Bonchev–Trinajstić information content (AvgIpc) is 3.09. The average molecular weight is 708 g/mol. The van der Waals surface area contributed by atoms with Crippen molar-refractivity contribution < 1.29 is 28.6 Å². The highest BCUT2D eigenvalue weighted by Crippen LogP contribution is 2.14. The van der Waals surface area contributed by atoms with Gasteiger partial charge in [0.1, 0.15) is 13.2 Å². The molecule has 0 heterocycles. The molecule has 294 valence electrons. The summed E-state index contributed by atoms with van der Waals surface area (Å²) in [5.41, 5.74) is 0. The lowest BCUT2D eigenvalue weighted by Gasteiger charge is -2.18. The van der Waals surface area contributed by atoms with Crippen molar-refractivity contribution in [2.24, 2.45) is 0 Å². The Kier molecular flexibility index (Phi) is 36.9. The van der Waals surface area contributed by atoms with Gasteiger partial charge in [0.2, 0.25) is 0 Å². The molecule has 0 radical (unpaired) electrons. The number of esters is 3. The van der Waals surface area contributed by atoms with Gasteiger partial charge in [-0.1, -0.05) is 154 Å². The minimum atomic E-state index is -0.782. The number of carbonyl (C=O) groups excluding carboxylic acids is 3. The van der Waals surface area contributed by atoms with Crippen molar-refractivity contribution >= 4 is 17.9 Å². The van der Waals surface area contributed by atoms with Crippen LogP contribution in [0.2, 0.25) is 0 Å². The molecule has 0 amide bonds. The van der Waals surface area contributed by atoms with Crippen molar-refractivity contribution in [3.8, 4) is 0 Å². The Bertz CT molecular complexity index is 798. The molecule has 0 aromatic rings. The minimum Gasteiger partial charge on any atom is -0.462 e. The predicted octanol–water partition coefficient (Wildman–Crippen LogP) is 11.8. The van der Waals surface area contributed by atoms with Crippen LogP contribution in [0.3, 0.4) is 0 Å². The van der Waals surface area contributed by atoms with Gasteiger partial charge in [-0.05, 0) is 65.6 Å². The van der Waals surface area contributed by atoms with Gasteiger partial charge in [0.25, 0.3) is 0 Å². The van der Waals surface area contributed by atoms with E-state index >= 15 is 0 Å². The maximum atomic E-state index is 12.4. The van der Waals surface area contributed by atoms with Gasteiger partial charge in [-0.25, -0.2) is 0 Å². The van der Waals surface area contributed by atoms with E-state index in [0.29, 0.717) is 19.3 Å². The van der Waals surface area contributed by atoms with Crippen LogP contribution < -0.4 is 0 Å². The van der Waals surface area contributed by atoms with Crippen molar-refractivity contribution in [2.75, 3.05) is 33.9 Å². The molecular formula is C43H81NO6. The van der Waals surface area contributed by atoms with Gasteiger partial charge >= 0.3 is 17.9 Å². The third kappa shape index (κ3) is 37.4. The summed E-state index contributed by atoms with van der Waals surface area (Å²) in [5.74, 6) is -0.950. The second-order valence-corrected chi connectivity index (χ2v) is 14.7. The second kappa shape index (κ2) is 38.3. The van der Waals surface area contributed by atoms with Crippen LogP contribution in [-0.2, 0) is 28.6 Å². The first-order valence-electron chi connectivity index (χ1n) is 21.2. The molecule has 50 heavy (non-hydrogen) atoms. The third-order valence-electron chi connectivity index (χ3n) is 9.27. The second-order valence-electron chi connectivity index (χ2n) is 14.7. The van der Waals surface area contributed by atoms with Crippen molar-refractivity contribution in [3.63, 3.8) is 0 Å². The zero-order valence-electron chi connectivity index (χ0n) is 33.5. The van der Waals surface area contributed by atoms with Gasteiger partial charge in [-0.2, -0.15) is 0 Å². The first kappa shape index (κ1) is 48.1. The zero-order valence-corrected chi connectivity index (χ0v) is 33.5. The minimum absolute atomic E-state index is 0.0859. The van der Waals surface area contributed by atoms with E-state index in [1.165, 1.54) is 122 Å². The van der Waals surface area contributed by atoms with Crippen LogP contribution >= 0.6 is 0 Å². The smallest absolute Gasteiger partial charge is 0.306 e. The maximum Gasteiger partial charge on any atom is 0.306 e. The summed E-state index contributed by atoms with van der Waals surface area (Å²) in [6, 6.07) is 0. The molecule has 0 aliphatic rings. The summed E-state index contributed by atoms with van der Waals surface area (Å²) < 4.78 is 16.5. The van der Waals surface area contributed by atoms with E-state index in [4.69, 9.17) is 14.2 Å². The highest BCUT2D eigenvalue weighted by molar-refractivity contribution is 5.71. The number of nitrogens with zero attached hydrogens (tertiary/aromatic N) is 1. The van der Waals surface area contributed by atoms with E-state index < -0.39 is 6.10 Å². The van der Waals surface area contributed by atoms with E-state index in [0.717, 1.165) is 51.5 Å². The van der Waals surface area contributed by atoms with Crippen molar-refractivity contribution in [2.45, 2.75) is 213 Å². The number of hydrogen-bond donors (Lipinski definition) is 0. The molecule has 0 N–H and O–H groups in total. The summed E-state index contributed by atoms with van der Waals surface area (Å²) in [6.45, 7) is 5.12. The lowest BCUT2D eigenvalue weighted by atomic mass is 10.0. The van der Waals surface area contributed by atoms with Crippen LogP contribution in [0.25, 0.3) is 0 Å². The Hall–Kier alpha value is -1.89. The fourth-order valence-electron chi connectivity index (χ4n) is 6.04. The molecule has 7 heteroatoms. The molecule has 0 saturated carbocycles. The molecule has 1 unspecified atom stereocenters. The fourth-order valence-corrected chi connectivity index (χ4v) is 6.04. The highest BCUT2D eigenvalue weighted by Gasteiger charge is 2.19. The van der Waals surface area contributed by atoms with Crippen LogP contribution in [0.5, 0.6) is 0 Å². The van der Waals surface area contributed by atoms with Crippen LogP contribution in [-0.4, -0.2) is 62.8 Å². The Morgan fingerprint density at radius 3 is 1.18 bits per heavy atom. The lowest BCUT2D eigenvalue weighted by molar-refractivity contribution is -0.167. The largest absolute Gasteiger partial charge is 0.462 e. The molecule has 0 aliphatic carbocycles. The number of hydrogen-bond acceptors (Lipinski definition) is 7. The van der Waals surface area contributed by atoms with Crippen LogP contribution in [0, 0.1) is 0 Å². The third-order valence-corrected chi connectivity index (χ3v) is 9.27. The monoisotopic (exact) mass is 708 g/mol. The SMILES string of the molecule is CCCCCCCCC=CCCCCCCCC(=O)OCC(COC(=O)CCCCCCCCCCCCCCC)OC(=O)CCCN(C)C. The van der Waals surface area contributed by atoms with E-state index in [1.54, 1.807) is 0 Å². The molecule has 7 nitrogen and oxygen atoms in total. The number of carbonyl (C=O) groups is 3. The molecule has 0 saturated heterocycles. The molecule has 0 spiro atoms. The first-order chi connectivity index (χ1) is 24.4. The summed E-state index contributed by atoms with van der Waals surface area (Å²) in [7, 11) is 3.92. The number of rotatable bonds is 38. The van der Waals surface area contributed by atoms with E-state index in [2.05, 4.69) is 26.0 Å². The van der Waals surface area contributed by atoms with Crippen LogP contribution in [0.4, 0.5) is 0 Å². The number of unbranched alkanes of at least 4 members (excludes halogenated alkanes) is 23. The quantitative estimate of drug-likeness (QED) is 0.0273. The zero-order chi connectivity index (χ0) is 36.8. The highest BCUT2D eigenvalue weighted by atomic mass is 16.6. The van der Waals surface area contributed by atoms with E-state index in [-0.39, 0.29) is 37.5 Å². The summed E-state index contributed by atoms with van der Waals surface area (Å²) in [4.78, 5) is 39.3. The summed E-state index contributed by atoms with van der Waals surface area (Å²) in [6.07, 6.45) is 37.5. The standard InChI is InChI=1S/C43H81NO6/c1-5-7-9-11-13-15-17-19-20-22-24-26-28-30-32-35-42(46)49-39-40(50-43(47)36-33-37-44(3)4)38-48-41(45)34-31-29-27-25-23-21-18-16-14-12-10-8-6-2/h19-20,40H,5-18,21-39H2,1-4H3. The topological polar surface area (TPSA) is 82.1 Å². The van der Waals surface area contributed by atoms with Gasteiger partial charge in [0.05, 0.1) is 0 Å². The number of allylic oxidation sites excluding steroid dienone is 2. The molecule has 0 fully saturated rings. The van der Waals surface area contributed by atoms with Crippen molar-refractivity contribution in [3.05, 3.63) is 12.2 Å². The van der Waals surface area contributed by atoms with Gasteiger partial charge < -0.3 is 19.1 Å². The Morgan fingerprint density at radius 2 is 0.800 bits per heavy atom. The van der Waals surface area contributed by atoms with Gasteiger partial charge in [0, 0.05) is 19.3 Å². The maximum absolute atomic E-state index is 12.4. The van der Waals surface area contributed by atoms with Gasteiger partial charge in [0.15, 0.2) is 6.10 Å². The Morgan fingerprint density at radius 1 is 0.460 bits per heavy atom. The molecular weight excluding hydrogens is 626 g/mol. The van der Waals surface area contributed by atoms with Crippen molar-refractivity contribution in [1.29, 1.82) is 0 Å². The number of ether oxygens (including phenoxy) is 3. The Labute approximate surface area is 309 Å². The fraction of sp³-hybridized carbons (Fsp3) is 0.884. The van der Waals surface area contributed by atoms with Gasteiger partial charge in [-0.15, -0.1) is 0 Å². The van der Waals surface area contributed by atoms with Crippen molar-refractivity contribution in [1.82, 2.24) is 4.90 Å². The Balaban J connectivity index is 4.14. The van der Waals surface area contributed by atoms with Crippen LogP contribution in [0.1, 0.15) is 206 Å². The molecule has 1 atom stereocenters. The van der Waals surface area contributed by atoms with E-state index in [9.17, 15) is 14.4 Å². The predicted molar refractivity (Wildman–Crippen MR) is 209 cm³/mol. The first-order valence-corrected chi connectivity index (χ1v) is 21.2.